The zero-order valence-electron chi connectivity index (χ0n) is 5.87. The molecular weight excluding hydrogens is 134 g/mol. The lowest BCUT2D eigenvalue weighted by Crippen LogP contribution is -2.48. The Labute approximate surface area is 59.1 Å². The highest BCUT2D eigenvalue weighted by molar-refractivity contribution is 5.76. The first-order chi connectivity index (χ1) is 4.57. The van der Waals surface area contributed by atoms with Crippen molar-refractivity contribution in [2.45, 2.75) is 18.6 Å². The maximum Gasteiger partial charge on any atom is 0.351 e. The molecule has 1 fully saturated rings. The van der Waals surface area contributed by atoms with Crippen LogP contribution >= 0.6 is 0 Å². The summed E-state index contributed by atoms with van der Waals surface area (Å²) in [5, 5.41) is 17.9. The Morgan fingerprint density at radius 3 is 2.50 bits per heavy atom. The number of hydrogen-bond acceptors (Lipinski definition) is 3. The van der Waals surface area contributed by atoms with Gasteiger partial charge in [-0.3, -0.25) is 4.90 Å². The fourth-order valence-electron chi connectivity index (χ4n) is 1.21. The van der Waals surface area contributed by atoms with Gasteiger partial charge in [-0.2, -0.15) is 0 Å². The molecule has 0 radical (unpaired) electrons. The summed E-state index contributed by atoms with van der Waals surface area (Å²) in [6.07, 6.45) is 1.08. The van der Waals surface area contributed by atoms with Crippen LogP contribution in [0.2, 0.25) is 0 Å². The Hall–Kier alpha value is -0.610. The van der Waals surface area contributed by atoms with Gasteiger partial charge in [-0.05, 0) is 13.5 Å². The van der Waals surface area contributed by atoms with Crippen molar-refractivity contribution >= 4 is 5.97 Å². The van der Waals surface area contributed by atoms with E-state index < -0.39 is 11.7 Å². The first-order valence-electron chi connectivity index (χ1n) is 3.24. The summed E-state index contributed by atoms with van der Waals surface area (Å²) in [4.78, 5) is 11.9. The van der Waals surface area contributed by atoms with Crippen molar-refractivity contribution in [2.24, 2.45) is 0 Å². The van der Waals surface area contributed by atoms with Crippen molar-refractivity contribution in [3.05, 3.63) is 0 Å². The average molecular weight is 145 g/mol. The molecule has 1 unspecified atom stereocenters. The number of likely N-dealkylation sites (N-methyl/N-ethyl adjacent to an activating group) is 1. The molecule has 1 aliphatic heterocycles. The molecule has 1 rings (SSSR count). The Bertz CT molecular complexity index is 159. The van der Waals surface area contributed by atoms with Gasteiger partial charge in [0, 0.05) is 13.0 Å². The number of likely N-dealkylation sites (tertiary alicyclic amines) is 1. The van der Waals surface area contributed by atoms with Crippen molar-refractivity contribution in [1.29, 1.82) is 0 Å². The van der Waals surface area contributed by atoms with Gasteiger partial charge in [-0.25, -0.2) is 4.79 Å². The number of carbonyl (C=O) groups is 1. The second-order valence-electron chi connectivity index (χ2n) is 2.65. The lowest BCUT2D eigenvalue weighted by molar-refractivity contribution is -0.173. The standard InChI is InChI=1S/C6H11NO3/c1-7-4-2-3-6(7,10)5(8)9/h10H,2-4H2,1H3,(H,8,9). The third kappa shape index (κ3) is 0.892. The minimum Gasteiger partial charge on any atom is -0.478 e. The van der Waals surface area contributed by atoms with E-state index in [0.29, 0.717) is 13.0 Å². The molecule has 1 saturated heterocycles. The molecule has 2 N–H and O–H groups in total. The summed E-state index contributed by atoms with van der Waals surface area (Å²) in [7, 11) is 1.61. The summed E-state index contributed by atoms with van der Waals surface area (Å²) in [5.41, 5.74) is -1.60. The second-order valence-corrected chi connectivity index (χ2v) is 2.65. The van der Waals surface area contributed by atoms with E-state index in [4.69, 9.17) is 5.11 Å². The second kappa shape index (κ2) is 2.21. The fourth-order valence-corrected chi connectivity index (χ4v) is 1.21. The summed E-state index contributed by atoms with van der Waals surface area (Å²) in [5.74, 6) is -1.15. The van der Waals surface area contributed by atoms with Crippen LogP contribution < -0.4 is 0 Å². The van der Waals surface area contributed by atoms with Gasteiger partial charge in [0.1, 0.15) is 0 Å². The van der Waals surface area contributed by atoms with Gasteiger partial charge in [0.15, 0.2) is 0 Å². The van der Waals surface area contributed by atoms with Gasteiger partial charge in [-0.15, -0.1) is 0 Å². The molecule has 10 heavy (non-hydrogen) atoms. The van der Waals surface area contributed by atoms with E-state index in [-0.39, 0.29) is 0 Å². The van der Waals surface area contributed by atoms with Crippen LogP contribution in [0.3, 0.4) is 0 Å². The lowest BCUT2D eigenvalue weighted by Gasteiger charge is -2.24. The number of hydrogen-bond donors (Lipinski definition) is 2. The normalized spacial score (nSPS) is 34.6. The first kappa shape index (κ1) is 7.50. The highest BCUT2D eigenvalue weighted by Crippen LogP contribution is 2.24. The van der Waals surface area contributed by atoms with E-state index in [9.17, 15) is 9.90 Å². The third-order valence-corrected chi connectivity index (χ3v) is 1.99. The molecular formula is C6H11NO3. The molecule has 0 aliphatic carbocycles. The predicted molar refractivity (Wildman–Crippen MR) is 34.4 cm³/mol. The first-order valence-corrected chi connectivity index (χ1v) is 3.24. The monoisotopic (exact) mass is 145 g/mol. The Kier molecular flexibility index (Phi) is 1.66. The van der Waals surface area contributed by atoms with E-state index in [1.807, 2.05) is 0 Å². The molecule has 4 heteroatoms. The number of carboxylic acids is 1. The van der Waals surface area contributed by atoms with Crippen molar-refractivity contribution in [1.82, 2.24) is 4.90 Å². The Morgan fingerprint density at radius 1 is 1.70 bits per heavy atom. The maximum absolute atomic E-state index is 10.4. The molecule has 0 aromatic heterocycles. The number of nitrogens with zero attached hydrogens (tertiary/aromatic N) is 1. The van der Waals surface area contributed by atoms with Crippen LogP contribution in [0, 0.1) is 0 Å². The zero-order valence-corrected chi connectivity index (χ0v) is 5.87. The van der Waals surface area contributed by atoms with Gasteiger partial charge in [0.2, 0.25) is 5.72 Å². The topological polar surface area (TPSA) is 60.8 Å². The molecule has 0 spiro atoms. The summed E-state index contributed by atoms with van der Waals surface area (Å²) < 4.78 is 0. The molecule has 58 valence electrons. The van der Waals surface area contributed by atoms with Gasteiger partial charge >= 0.3 is 5.97 Å². The minimum atomic E-state index is -1.60. The number of aliphatic carboxylic acids is 1. The van der Waals surface area contributed by atoms with Crippen LogP contribution in [0.15, 0.2) is 0 Å². The van der Waals surface area contributed by atoms with Gasteiger partial charge in [0.05, 0.1) is 0 Å². The fraction of sp³-hybridized carbons (Fsp3) is 0.833. The largest absolute Gasteiger partial charge is 0.478 e. The number of carboxylic acid groups (broad SMARTS) is 1. The maximum atomic E-state index is 10.4. The lowest BCUT2D eigenvalue weighted by atomic mass is 10.1. The summed E-state index contributed by atoms with van der Waals surface area (Å²) in [6, 6.07) is 0. The molecule has 0 aromatic rings. The number of aliphatic hydroxyl groups is 1. The molecule has 1 heterocycles. The van der Waals surface area contributed by atoms with E-state index >= 15 is 0 Å². The van der Waals surface area contributed by atoms with Gasteiger partial charge in [-0.1, -0.05) is 0 Å². The van der Waals surface area contributed by atoms with Crippen molar-refractivity contribution in [3.63, 3.8) is 0 Å². The molecule has 4 nitrogen and oxygen atoms in total. The van der Waals surface area contributed by atoms with E-state index in [0.717, 1.165) is 6.42 Å². The quantitative estimate of drug-likeness (QED) is 0.521. The molecule has 0 aromatic carbocycles. The van der Waals surface area contributed by atoms with Crippen molar-refractivity contribution < 1.29 is 15.0 Å². The highest BCUT2D eigenvalue weighted by atomic mass is 16.4. The van der Waals surface area contributed by atoms with Crippen LogP contribution in [0.1, 0.15) is 12.8 Å². The molecule has 0 amide bonds. The summed E-state index contributed by atoms with van der Waals surface area (Å²) in [6.45, 7) is 0.656. The SMILES string of the molecule is CN1CCCC1(O)C(=O)O. The average Bonchev–Trinajstić information content (AvgIpc) is 2.15. The summed E-state index contributed by atoms with van der Waals surface area (Å²) >= 11 is 0. The predicted octanol–water partition coefficient (Wildman–Crippen LogP) is -0.515. The Balaban J connectivity index is 2.75. The van der Waals surface area contributed by atoms with Crippen molar-refractivity contribution in [3.8, 4) is 0 Å². The minimum absolute atomic E-state index is 0.332. The van der Waals surface area contributed by atoms with Crippen LogP contribution in [-0.4, -0.2) is 40.4 Å². The van der Waals surface area contributed by atoms with E-state index in [2.05, 4.69) is 0 Å². The van der Waals surface area contributed by atoms with Gasteiger partial charge in [0.25, 0.3) is 0 Å². The van der Waals surface area contributed by atoms with Crippen molar-refractivity contribution in [2.75, 3.05) is 13.6 Å². The zero-order chi connectivity index (χ0) is 7.78. The smallest absolute Gasteiger partial charge is 0.351 e. The van der Waals surface area contributed by atoms with Crippen LogP contribution in [0.4, 0.5) is 0 Å². The molecule has 0 bridgehead atoms. The van der Waals surface area contributed by atoms with Crippen LogP contribution in [0.5, 0.6) is 0 Å². The molecule has 0 saturated carbocycles. The Morgan fingerprint density at radius 2 is 2.30 bits per heavy atom. The molecule has 1 atom stereocenters. The van der Waals surface area contributed by atoms with Gasteiger partial charge < -0.3 is 10.2 Å². The highest BCUT2D eigenvalue weighted by Gasteiger charge is 2.43. The van der Waals surface area contributed by atoms with Crippen LogP contribution in [-0.2, 0) is 4.79 Å². The molecule has 1 aliphatic rings. The van der Waals surface area contributed by atoms with Crippen LogP contribution in [0.25, 0.3) is 0 Å². The number of rotatable bonds is 1. The van der Waals surface area contributed by atoms with E-state index in [1.54, 1.807) is 7.05 Å². The third-order valence-electron chi connectivity index (χ3n) is 1.99. The van der Waals surface area contributed by atoms with E-state index in [1.165, 1.54) is 4.90 Å².